The summed E-state index contributed by atoms with van der Waals surface area (Å²) in [5, 5.41) is 13.4. The van der Waals surface area contributed by atoms with Gasteiger partial charge in [-0.05, 0) is 55.4 Å². The van der Waals surface area contributed by atoms with Crippen molar-refractivity contribution >= 4 is 27.7 Å². The van der Waals surface area contributed by atoms with Crippen LogP contribution in [-0.2, 0) is 30.3 Å². The largest absolute Gasteiger partial charge is 0.512 e. The predicted molar refractivity (Wildman–Crippen MR) is 189 cm³/mol. The average molecular weight is 811 g/mol. The zero-order chi connectivity index (χ0) is 33.7. The maximum atomic E-state index is 12.2. The third kappa shape index (κ3) is 8.44. The minimum Gasteiger partial charge on any atom is -0.512 e. The Morgan fingerprint density at radius 2 is 1.47 bits per heavy atom. The molecule has 251 valence electrons. The van der Waals surface area contributed by atoms with Crippen LogP contribution in [0, 0.1) is 16.9 Å². The Hall–Kier alpha value is -3.67. The van der Waals surface area contributed by atoms with E-state index in [1.807, 2.05) is 71.9 Å². The van der Waals surface area contributed by atoms with Gasteiger partial charge in [0.1, 0.15) is 12.1 Å². The summed E-state index contributed by atoms with van der Waals surface area (Å²) in [7, 11) is 0. The summed E-state index contributed by atoms with van der Waals surface area (Å²) >= 11 is 0. The second kappa shape index (κ2) is 15.5. The molecule has 0 atom stereocenters. The van der Waals surface area contributed by atoms with Gasteiger partial charge in [-0.2, -0.15) is 0 Å². The van der Waals surface area contributed by atoms with Gasteiger partial charge in [0, 0.05) is 48.1 Å². The standard InChI is InChI=1S/C25H20N3O.C15H28O2.Ir/c1-25(2,3)20-13-18(12-17-6-4-5-7-19(17)20)22-14-23(27-15-26-22)21-9-8-16-10-11-29-24(16)28-21;1-7-14(5,8-2)12(16)11-13(17)15(6,9-3)10-4;/h4-11,13-15H,1-3H3;11,16H,7-10H2,1-6H3;/q-1;;/b;12-11-;. The summed E-state index contributed by atoms with van der Waals surface area (Å²) in [6.07, 6.45) is 7.98. The first kappa shape index (κ1) is 37.8. The number of carbonyl (C=O) groups is 1. The van der Waals surface area contributed by atoms with Gasteiger partial charge in [-0.15, -0.1) is 29.1 Å². The van der Waals surface area contributed by atoms with Crippen LogP contribution in [0.5, 0.6) is 0 Å². The van der Waals surface area contributed by atoms with Crippen LogP contribution in [0.2, 0.25) is 0 Å². The molecule has 1 radical (unpaired) electrons. The van der Waals surface area contributed by atoms with Crippen LogP contribution in [0.4, 0.5) is 0 Å². The summed E-state index contributed by atoms with van der Waals surface area (Å²) in [4.78, 5) is 25.7. The minimum atomic E-state index is -0.337. The quantitative estimate of drug-likeness (QED) is 0.0906. The number of pyridine rings is 1. The molecule has 5 rings (SSSR count). The molecule has 0 fully saturated rings. The number of furan rings is 1. The summed E-state index contributed by atoms with van der Waals surface area (Å²) < 4.78 is 5.44. The normalized spacial score (nSPS) is 12.4. The zero-order valence-electron chi connectivity index (χ0n) is 29.2. The van der Waals surface area contributed by atoms with Crippen molar-refractivity contribution in [3.05, 3.63) is 90.7 Å². The van der Waals surface area contributed by atoms with E-state index < -0.39 is 0 Å². The van der Waals surface area contributed by atoms with Crippen molar-refractivity contribution in [3.63, 3.8) is 0 Å². The third-order valence-electron chi connectivity index (χ3n) is 9.71. The maximum absolute atomic E-state index is 12.2. The van der Waals surface area contributed by atoms with Crippen molar-refractivity contribution in [1.82, 2.24) is 15.0 Å². The molecule has 47 heavy (non-hydrogen) atoms. The van der Waals surface area contributed by atoms with Gasteiger partial charge < -0.3 is 9.52 Å². The molecule has 1 N–H and O–H groups in total. The maximum Gasteiger partial charge on any atom is 0.226 e. The van der Waals surface area contributed by atoms with Crippen LogP contribution in [0.1, 0.15) is 93.6 Å². The first-order valence-electron chi connectivity index (χ1n) is 16.4. The molecule has 6 nitrogen and oxygen atoms in total. The molecule has 0 saturated carbocycles. The topological polar surface area (TPSA) is 89.1 Å². The molecule has 0 unspecified atom stereocenters. The van der Waals surface area contributed by atoms with Crippen molar-refractivity contribution in [2.45, 2.75) is 93.4 Å². The monoisotopic (exact) mass is 811 g/mol. The fraction of sp³-hybridized carbons (Fsp3) is 0.400. The molecule has 3 heterocycles. The number of rotatable bonds is 9. The smallest absolute Gasteiger partial charge is 0.226 e. The van der Waals surface area contributed by atoms with Crippen molar-refractivity contribution in [2.24, 2.45) is 10.8 Å². The van der Waals surface area contributed by atoms with Crippen molar-refractivity contribution in [3.8, 4) is 22.6 Å². The van der Waals surface area contributed by atoms with Gasteiger partial charge in [0.15, 0.2) is 5.78 Å². The molecule has 0 aliphatic carbocycles. The minimum absolute atomic E-state index is 0. The second-order valence-corrected chi connectivity index (χ2v) is 13.6. The number of aliphatic hydroxyl groups excluding tert-OH is 1. The molecule has 0 spiro atoms. The van der Waals surface area contributed by atoms with Crippen LogP contribution in [0.25, 0.3) is 44.5 Å². The van der Waals surface area contributed by atoms with Crippen LogP contribution >= 0.6 is 0 Å². The molecule has 0 aliphatic rings. The molecule has 7 heteroatoms. The van der Waals surface area contributed by atoms with Gasteiger partial charge in [-0.3, -0.25) is 9.78 Å². The van der Waals surface area contributed by atoms with Crippen LogP contribution in [-0.4, -0.2) is 25.8 Å². The number of fused-ring (bicyclic) bond motifs is 2. The molecular weight excluding hydrogens is 763 g/mol. The van der Waals surface area contributed by atoms with Crippen molar-refractivity contribution in [2.75, 3.05) is 0 Å². The fourth-order valence-electron chi connectivity index (χ4n) is 5.30. The molecule has 2 aromatic carbocycles. The Kier molecular flexibility index (Phi) is 12.4. The van der Waals surface area contributed by atoms with Crippen molar-refractivity contribution in [1.29, 1.82) is 0 Å². The molecule has 0 bridgehead atoms. The Morgan fingerprint density at radius 3 is 2.11 bits per heavy atom. The van der Waals surface area contributed by atoms with Gasteiger partial charge in [-0.1, -0.05) is 91.5 Å². The van der Waals surface area contributed by atoms with Gasteiger partial charge in [-0.25, -0.2) is 9.97 Å². The summed E-state index contributed by atoms with van der Waals surface area (Å²) in [5.41, 5.74) is 4.58. The first-order chi connectivity index (χ1) is 21.8. The Morgan fingerprint density at radius 1 is 0.830 bits per heavy atom. The second-order valence-electron chi connectivity index (χ2n) is 13.6. The summed E-state index contributed by atoms with van der Waals surface area (Å²) in [5.74, 6) is 0.286. The number of nitrogens with zero attached hydrogens (tertiary/aromatic N) is 3. The van der Waals surface area contributed by atoms with E-state index >= 15 is 0 Å². The summed E-state index contributed by atoms with van der Waals surface area (Å²) in [6, 6.07) is 21.9. The predicted octanol–water partition coefficient (Wildman–Crippen LogP) is 10.9. The number of hydrogen-bond acceptors (Lipinski definition) is 6. The molecule has 5 aromatic rings. The summed E-state index contributed by atoms with van der Waals surface area (Å²) in [6.45, 7) is 18.8. The van der Waals surface area contributed by atoms with Crippen LogP contribution in [0.3, 0.4) is 0 Å². The molecular formula is C40H48IrN3O3-. The number of benzene rings is 2. The number of carbonyl (C=O) groups excluding carboxylic acids is 1. The molecule has 0 aliphatic heterocycles. The molecule has 0 saturated heterocycles. The Bertz CT molecular complexity index is 1840. The van der Waals surface area contributed by atoms with E-state index in [0.29, 0.717) is 5.71 Å². The van der Waals surface area contributed by atoms with E-state index in [0.717, 1.165) is 59.1 Å². The number of hydrogen-bond donors (Lipinski definition) is 1. The van der Waals surface area contributed by atoms with E-state index in [2.05, 4.69) is 66.1 Å². The van der Waals surface area contributed by atoms with Gasteiger partial charge in [0.25, 0.3) is 0 Å². The third-order valence-corrected chi connectivity index (χ3v) is 9.71. The SMILES string of the molecule is CC(C)(C)c1cc(-c2cc(-c3ccc4ccoc4n3)ncn2)[c-]c2ccccc12.CCC(C)(CC)C(=O)/C=C(\O)C(C)(CC)CC.[Ir]. The van der Waals surface area contributed by atoms with E-state index in [1.54, 1.807) is 12.6 Å². The zero-order valence-corrected chi connectivity index (χ0v) is 31.6. The fourth-order valence-corrected chi connectivity index (χ4v) is 5.30. The number of aliphatic hydroxyl groups is 1. The van der Waals surface area contributed by atoms with Gasteiger partial charge in [0.05, 0.1) is 17.7 Å². The Balaban J connectivity index is 0.000000290. The first-order valence-corrected chi connectivity index (χ1v) is 16.4. The number of allylic oxidation sites excluding steroid dienone is 2. The molecule has 3 aromatic heterocycles. The van der Waals surface area contributed by atoms with E-state index in [1.165, 1.54) is 17.0 Å². The molecule has 0 amide bonds. The van der Waals surface area contributed by atoms with E-state index in [9.17, 15) is 9.90 Å². The van der Waals surface area contributed by atoms with Gasteiger partial charge in [0.2, 0.25) is 5.71 Å². The van der Waals surface area contributed by atoms with Gasteiger partial charge >= 0.3 is 0 Å². The van der Waals surface area contributed by atoms with Crippen LogP contribution < -0.4 is 0 Å². The number of ketones is 1. The Labute approximate surface area is 293 Å². The number of aromatic nitrogens is 3. The van der Waals surface area contributed by atoms with Crippen LogP contribution in [0.15, 0.2) is 83.4 Å². The van der Waals surface area contributed by atoms with E-state index in [-0.39, 0.29) is 47.9 Å². The van der Waals surface area contributed by atoms with E-state index in [4.69, 9.17) is 4.42 Å². The van der Waals surface area contributed by atoms with Crippen molar-refractivity contribution < 1.29 is 34.4 Å². The average Bonchev–Trinajstić information content (AvgIpc) is 3.55.